The standard InChI is InChI=1S/C7H7N3O2/c11-4-10-7-5(8-9-10)2-1-3-6(7)12/h1,3,11H,2,4H2. The molecule has 0 saturated heterocycles. The second kappa shape index (κ2) is 2.53. The molecule has 5 heteroatoms. The molecule has 0 unspecified atom stereocenters. The van der Waals surface area contributed by atoms with Gasteiger partial charge < -0.3 is 5.11 Å². The highest BCUT2D eigenvalue weighted by atomic mass is 16.3. The molecule has 1 N–H and O–H groups in total. The highest BCUT2D eigenvalue weighted by Crippen LogP contribution is 2.12. The van der Waals surface area contributed by atoms with Crippen molar-refractivity contribution in [3.63, 3.8) is 0 Å². The van der Waals surface area contributed by atoms with Gasteiger partial charge in [0, 0.05) is 6.42 Å². The van der Waals surface area contributed by atoms with E-state index in [0.29, 0.717) is 17.8 Å². The average molecular weight is 165 g/mol. The Hall–Kier alpha value is -1.49. The van der Waals surface area contributed by atoms with Gasteiger partial charge in [0.25, 0.3) is 0 Å². The molecule has 0 bridgehead atoms. The molecule has 2 rings (SSSR count). The van der Waals surface area contributed by atoms with E-state index in [4.69, 9.17) is 5.11 Å². The van der Waals surface area contributed by atoms with E-state index in [0.717, 1.165) is 0 Å². The van der Waals surface area contributed by atoms with Crippen LogP contribution in [0, 0.1) is 0 Å². The number of rotatable bonds is 1. The second-order valence-corrected chi connectivity index (χ2v) is 2.50. The molecule has 1 aromatic rings. The summed E-state index contributed by atoms with van der Waals surface area (Å²) in [4.78, 5) is 11.2. The van der Waals surface area contributed by atoms with E-state index >= 15 is 0 Å². The molecule has 1 aliphatic carbocycles. The van der Waals surface area contributed by atoms with E-state index in [1.165, 1.54) is 10.8 Å². The smallest absolute Gasteiger partial charge is 0.205 e. The highest BCUT2D eigenvalue weighted by molar-refractivity contribution is 6.05. The first-order valence-electron chi connectivity index (χ1n) is 3.57. The van der Waals surface area contributed by atoms with Gasteiger partial charge in [-0.1, -0.05) is 11.3 Å². The van der Waals surface area contributed by atoms with Crippen LogP contribution in [0.1, 0.15) is 16.2 Å². The zero-order valence-electron chi connectivity index (χ0n) is 6.27. The Morgan fingerprint density at radius 1 is 1.67 bits per heavy atom. The summed E-state index contributed by atoms with van der Waals surface area (Å²) in [6.45, 7) is -0.304. The number of aromatic nitrogens is 3. The molecule has 12 heavy (non-hydrogen) atoms. The molecular formula is C7H7N3O2. The van der Waals surface area contributed by atoms with E-state index in [2.05, 4.69) is 10.3 Å². The molecule has 0 fully saturated rings. The minimum absolute atomic E-state index is 0.143. The number of fused-ring (bicyclic) bond motifs is 1. The fourth-order valence-corrected chi connectivity index (χ4v) is 1.21. The Morgan fingerprint density at radius 3 is 3.25 bits per heavy atom. The van der Waals surface area contributed by atoms with Crippen LogP contribution in [0.4, 0.5) is 0 Å². The number of nitrogens with zero attached hydrogens (tertiary/aromatic N) is 3. The summed E-state index contributed by atoms with van der Waals surface area (Å²) < 4.78 is 1.20. The van der Waals surface area contributed by atoms with Crippen molar-refractivity contribution < 1.29 is 9.90 Å². The first kappa shape index (κ1) is 7.17. The van der Waals surface area contributed by atoms with E-state index in [1.807, 2.05) is 0 Å². The van der Waals surface area contributed by atoms with Crippen LogP contribution in [-0.2, 0) is 13.2 Å². The number of allylic oxidation sites excluding steroid dienone is 2. The molecule has 62 valence electrons. The Morgan fingerprint density at radius 2 is 2.50 bits per heavy atom. The predicted molar refractivity (Wildman–Crippen MR) is 39.4 cm³/mol. The van der Waals surface area contributed by atoms with Crippen molar-refractivity contribution in [2.45, 2.75) is 13.2 Å². The molecule has 1 aliphatic rings. The number of carbonyl (C=O) groups excluding carboxylic acids is 1. The largest absolute Gasteiger partial charge is 0.374 e. The van der Waals surface area contributed by atoms with Crippen LogP contribution in [0.2, 0.25) is 0 Å². The van der Waals surface area contributed by atoms with Crippen LogP contribution in [0.5, 0.6) is 0 Å². The fourth-order valence-electron chi connectivity index (χ4n) is 1.21. The Labute approximate surface area is 68.3 Å². The third kappa shape index (κ3) is 0.868. The number of aliphatic hydroxyl groups is 1. The highest BCUT2D eigenvalue weighted by Gasteiger charge is 2.19. The normalized spacial score (nSPS) is 14.9. The fraction of sp³-hybridized carbons (Fsp3) is 0.286. The Kier molecular flexibility index (Phi) is 1.51. The van der Waals surface area contributed by atoms with Crippen molar-refractivity contribution in [2.24, 2.45) is 0 Å². The minimum atomic E-state index is -0.304. The van der Waals surface area contributed by atoms with Crippen LogP contribution in [-0.4, -0.2) is 25.9 Å². The van der Waals surface area contributed by atoms with Gasteiger partial charge in [0.2, 0.25) is 5.78 Å². The number of carbonyl (C=O) groups is 1. The molecule has 0 radical (unpaired) electrons. The van der Waals surface area contributed by atoms with Crippen molar-refractivity contribution in [2.75, 3.05) is 0 Å². The van der Waals surface area contributed by atoms with Crippen LogP contribution in [0.25, 0.3) is 0 Å². The van der Waals surface area contributed by atoms with Gasteiger partial charge in [-0.05, 0) is 6.08 Å². The zero-order valence-corrected chi connectivity index (χ0v) is 6.27. The third-order valence-corrected chi connectivity index (χ3v) is 1.75. The van der Waals surface area contributed by atoms with Crippen molar-refractivity contribution in [1.29, 1.82) is 0 Å². The lowest BCUT2D eigenvalue weighted by molar-refractivity contribution is 0.101. The van der Waals surface area contributed by atoms with Crippen LogP contribution < -0.4 is 0 Å². The topological polar surface area (TPSA) is 68.0 Å². The van der Waals surface area contributed by atoms with Gasteiger partial charge in [-0.25, -0.2) is 4.68 Å². The van der Waals surface area contributed by atoms with E-state index < -0.39 is 0 Å². The first-order valence-corrected chi connectivity index (χ1v) is 3.57. The molecule has 1 aromatic heterocycles. The van der Waals surface area contributed by atoms with Crippen LogP contribution >= 0.6 is 0 Å². The van der Waals surface area contributed by atoms with Crippen molar-refractivity contribution in [3.05, 3.63) is 23.5 Å². The molecule has 0 atom stereocenters. The lowest BCUT2D eigenvalue weighted by Crippen LogP contribution is -2.12. The molecule has 0 amide bonds. The third-order valence-electron chi connectivity index (χ3n) is 1.75. The summed E-state index contributed by atoms with van der Waals surface area (Å²) in [5.41, 5.74) is 1.04. The molecule has 1 heterocycles. The SMILES string of the molecule is O=C1C=CCc2nnn(CO)c21. The van der Waals surface area contributed by atoms with Gasteiger partial charge in [-0.3, -0.25) is 4.79 Å². The maximum absolute atomic E-state index is 11.2. The second-order valence-electron chi connectivity index (χ2n) is 2.50. The first-order chi connectivity index (χ1) is 5.83. The average Bonchev–Trinajstić information content (AvgIpc) is 2.49. The number of ketones is 1. The summed E-state index contributed by atoms with van der Waals surface area (Å²) >= 11 is 0. The van der Waals surface area contributed by atoms with E-state index in [1.54, 1.807) is 6.08 Å². The van der Waals surface area contributed by atoms with Gasteiger partial charge in [-0.15, -0.1) is 5.10 Å². The lowest BCUT2D eigenvalue weighted by atomic mass is 10.1. The number of hydrogen-bond acceptors (Lipinski definition) is 4. The molecule has 0 aliphatic heterocycles. The monoisotopic (exact) mass is 165 g/mol. The van der Waals surface area contributed by atoms with Gasteiger partial charge in [0.05, 0.1) is 5.69 Å². The Bertz CT molecular complexity index is 354. The zero-order chi connectivity index (χ0) is 8.55. The molecule has 0 spiro atoms. The van der Waals surface area contributed by atoms with E-state index in [-0.39, 0.29) is 12.5 Å². The summed E-state index contributed by atoms with van der Waals surface area (Å²) in [7, 11) is 0. The van der Waals surface area contributed by atoms with Crippen molar-refractivity contribution >= 4 is 5.78 Å². The lowest BCUT2D eigenvalue weighted by Gasteiger charge is -2.03. The number of hydrogen-bond donors (Lipinski definition) is 1. The van der Waals surface area contributed by atoms with Crippen LogP contribution in [0.15, 0.2) is 12.2 Å². The van der Waals surface area contributed by atoms with Gasteiger partial charge in [0.1, 0.15) is 12.4 Å². The summed E-state index contributed by atoms with van der Waals surface area (Å²) in [6.07, 6.45) is 3.82. The summed E-state index contributed by atoms with van der Waals surface area (Å²) in [5, 5.41) is 16.2. The summed E-state index contributed by atoms with van der Waals surface area (Å²) in [5.74, 6) is -0.143. The van der Waals surface area contributed by atoms with Crippen molar-refractivity contribution in [1.82, 2.24) is 15.0 Å². The van der Waals surface area contributed by atoms with Crippen LogP contribution in [0.3, 0.4) is 0 Å². The molecule has 5 nitrogen and oxygen atoms in total. The molecule has 0 saturated carbocycles. The maximum atomic E-state index is 11.2. The minimum Gasteiger partial charge on any atom is -0.374 e. The quantitative estimate of drug-likeness (QED) is 0.610. The Balaban J connectivity index is 2.55. The summed E-state index contributed by atoms with van der Waals surface area (Å²) in [6, 6.07) is 0. The van der Waals surface area contributed by atoms with Gasteiger partial charge in [0.15, 0.2) is 0 Å². The van der Waals surface area contributed by atoms with E-state index in [9.17, 15) is 4.79 Å². The van der Waals surface area contributed by atoms with Gasteiger partial charge in [-0.2, -0.15) is 0 Å². The number of aliphatic hydroxyl groups excluding tert-OH is 1. The van der Waals surface area contributed by atoms with Crippen molar-refractivity contribution in [3.8, 4) is 0 Å². The maximum Gasteiger partial charge on any atom is 0.205 e. The molecular weight excluding hydrogens is 158 g/mol. The van der Waals surface area contributed by atoms with Gasteiger partial charge >= 0.3 is 0 Å². The predicted octanol–water partition coefficient (Wildman–Crippen LogP) is -0.477. The molecule has 0 aromatic carbocycles.